The number of aromatic amines is 1. The number of nitrogens with one attached hydrogen (secondary N) is 1. The van der Waals surface area contributed by atoms with Gasteiger partial charge >= 0.3 is 0 Å². The number of rotatable bonds is 2. The number of nitrogens with zero attached hydrogens (tertiary/aromatic N) is 3. The van der Waals surface area contributed by atoms with Gasteiger partial charge in [-0.05, 0) is 40.4 Å². The maximum Gasteiger partial charge on any atom is 0.251 e. The summed E-state index contributed by atoms with van der Waals surface area (Å²) in [4.78, 5) is 9.26. The van der Waals surface area contributed by atoms with Crippen LogP contribution in [0.1, 0.15) is 0 Å². The largest absolute Gasteiger partial charge is 0.269 e. The number of halogens is 2. The summed E-state index contributed by atoms with van der Waals surface area (Å²) in [6.07, 6.45) is 3.63. The third-order valence-corrected chi connectivity index (χ3v) is 3.63. The van der Waals surface area contributed by atoms with Crippen molar-refractivity contribution in [3.63, 3.8) is 0 Å². The molecule has 0 atom stereocenters. The van der Waals surface area contributed by atoms with Gasteiger partial charge in [0.1, 0.15) is 5.82 Å². The normalized spacial score (nSPS) is 11.3. The standard InChI is InChI=1S/C11H8BrFN4S/c1-18-6-2-3-7(8(13)4-6)9-5-17-11(14-9)15-10(12)16-17/h2-5H,1H3,(H,14,15,16). The Labute approximate surface area is 115 Å². The third kappa shape index (κ3) is 1.93. The Balaban J connectivity index is 2.10. The Morgan fingerprint density at radius 2 is 2.22 bits per heavy atom. The smallest absolute Gasteiger partial charge is 0.251 e. The van der Waals surface area contributed by atoms with Crippen LogP contribution in [0.15, 0.2) is 34.0 Å². The number of hydrogen-bond donors (Lipinski definition) is 1. The maximum atomic E-state index is 13.9. The molecule has 0 aliphatic carbocycles. The van der Waals surface area contributed by atoms with Crippen molar-refractivity contribution in [1.82, 2.24) is 19.6 Å². The van der Waals surface area contributed by atoms with Gasteiger partial charge in [0.15, 0.2) is 4.73 Å². The van der Waals surface area contributed by atoms with E-state index in [1.54, 1.807) is 16.8 Å². The van der Waals surface area contributed by atoms with Crippen molar-refractivity contribution in [1.29, 1.82) is 0 Å². The zero-order chi connectivity index (χ0) is 12.7. The Bertz CT molecular complexity index is 689. The molecule has 0 fully saturated rings. The van der Waals surface area contributed by atoms with Crippen molar-refractivity contribution in [3.8, 4) is 11.3 Å². The number of benzene rings is 1. The van der Waals surface area contributed by atoms with Gasteiger partial charge in [0.2, 0.25) is 0 Å². The molecule has 3 rings (SSSR count). The molecule has 0 saturated carbocycles. The summed E-state index contributed by atoms with van der Waals surface area (Å²) in [5.41, 5.74) is 1.04. The van der Waals surface area contributed by atoms with E-state index in [1.165, 1.54) is 17.8 Å². The van der Waals surface area contributed by atoms with Crippen LogP contribution in [-0.4, -0.2) is 25.8 Å². The van der Waals surface area contributed by atoms with Crippen LogP contribution in [-0.2, 0) is 0 Å². The van der Waals surface area contributed by atoms with Crippen LogP contribution in [0.3, 0.4) is 0 Å². The summed E-state index contributed by atoms with van der Waals surface area (Å²) in [5.74, 6) is 0.229. The molecule has 0 spiro atoms. The van der Waals surface area contributed by atoms with Gasteiger partial charge in [-0.1, -0.05) is 0 Å². The number of imidazole rings is 1. The van der Waals surface area contributed by atoms with Gasteiger partial charge in [-0.2, -0.15) is 4.98 Å². The molecule has 1 aromatic carbocycles. The quantitative estimate of drug-likeness (QED) is 0.734. The van der Waals surface area contributed by atoms with Gasteiger partial charge in [-0.15, -0.1) is 11.8 Å². The predicted molar refractivity (Wildman–Crippen MR) is 72.2 cm³/mol. The first-order chi connectivity index (χ1) is 8.67. The highest BCUT2D eigenvalue weighted by Crippen LogP contribution is 2.26. The monoisotopic (exact) mass is 326 g/mol. The van der Waals surface area contributed by atoms with Crippen LogP contribution in [0.4, 0.5) is 4.39 Å². The molecule has 4 nitrogen and oxygen atoms in total. The molecule has 1 N–H and O–H groups in total. The van der Waals surface area contributed by atoms with Crippen LogP contribution in [0, 0.1) is 5.82 Å². The molecule has 0 amide bonds. The van der Waals surface area contributed by atoms with Gasteiger partial charge in [0.25, 0.3) is 5.78 Å². The lowest BCUT2D eigenvalue weighted by Gasteiger charge is -2.01. The van der Waals surface area contributed by atoms with Crippen molar-refractivity contribution in [2.75, 3.05) is 6.26 Å². The Kier molecular flexibility index (Phi) is 2.87. The Hall–Kier alpha value is -1.34. The van der Waals surface area contributed by atoms with E-state index in [4.69, 9.17) is 0 Å². The van der Waals surface area contributed by atoms with E-state index in [9.17, 15) is 4.39 Å². The summed E-state index contributed by atoms with van der Waals surface area (Å²) < 4.78 is 16.2. The molecule has 92 valence electrons. The molecule has 0 aliphatic heterocycles. The number of fused-ring (bicyclic) bond motifs is 1. The summed E-state index contributed by atoms with van der Waals surface area (Å²) in [7, 11) is 0. The van der Waals surface area contributed by atoms with Gasteiger partial charge in [0, 0.05) is 10.5 Å². The molecule has 0 bridgehead atoms. The second-order valence-electron chi connectivity index (χ2n) is 3.66. The topological polar surface area (TPSA) is 46.0 Å². The highest BCUT2D eigenvalue weighted by molar-refractivity contribution is 9.10. The molecule has 18 heavy (non-hydrogen) atoms. The number of aromatic nitrogens is 4. The van der Waals surface area contributed by atoms with E-state index in [0.717, 1.165) is 4.90 Å². The van der Waals surface area contributed by atoms with E-state index in [0.29, 0.717) is 21.8 Å². The van der Waals surface area contributed by atoms with E-state index in [1.807, 2.05) is 12.3 Å². The minimum absolute atomic E-state index is 0.276. The summed E-state index contributed by atoms with van der Waals surface area (Å²) in [5, 5.41) is 2.92. The molecule has 0 radical (unpaired) electrons. The zero-order valence-electron chi connectivity index (χ0n) is 9.32. The summed E-state index contributed by atoms with van der Waals surface area (Å²) in [6.45, 7) is 0. The van der Waals surface area contributed by atoms with Crippen molar-refractivity contribution < 1.29 is 4.39 Å². The minimum atomic E-state index is -0.276. The van der Waals surface area contributed by atoms with Crippen molar-refractivity contribution in [2.24, 2.45) is 0 Å². The molecule has 0 aliphatic rings. The fraction of sp³-hybridized carbons (Fsp3) is 0.0909. The van der Waals surface area contributed by atoms with Gasteiger partial charge in [-0.25, -0.2) is 13.9 Å². The number of H-pyrrole nitrogens is 1. The van der Waals surface area contributed by atoms with Gasteiger partial charge < -0.3 is 0 Å². The lowest BCUT2D eigenvalue weighted by Crippen LogP contribution is -1.85. The van der Waals surface area contributed by atoms with Crippen LogP contribution in [0.25, 0.3) is 17.0 Å². The summed E-state index contributed by atoms with van der Waals surface area (Å²) >= 11 is 4.72. The highest BCUT2D eigenvalue weighted by Gasteiger charge is 2.12. The minimum Gasteiger partial charge on any atom is -0.269 e. The average Bonchev–Trinajstić information content (AvgIpc) is 2.85. The molecule has 3 aromatic rings. The van der Waals surface area contributed by atoms with Crippen LogP contribution in [0.5, 0.6) is 0 Å². The molecule has 2 aromatic heterocycles. The molecule has 2 heterocycles. The van der Waals surface area contributed by atoms with E-state index < -0.39 is 0 Å². The number of thioether (sulfide) groups is 1. The number of hydrogen-bond acceptors (Lipinski definition) is 3. The third-order valence-electron chi connectivity index (χ3n) is 2.55. The average molecular weight is 327 g/mol. The first-order valence-electron chi connectivity index (χ1n) is 5.12. The first kappa shape index (κ1) is 11.7. The van der Waals surface area contributed by atoms with Crippen LogP contribution in [0.2, 0.25) is 0 Å². The van der Waals surface area contributed by atoms with Gasteiger partial charge in [0.05, 0.1) is 11.9 Å². The van der Waals surface area contributed by atoms with E-state index in [-0.39, 0.29) is 5.82 Å². The SMILES string of the molecule is CSc1ccc(-c2cn3[nH]c(Br)nc3n2)c(F)c1. The molecular weight excluding hydrogens is 319 g/mol. The van der Waals surface area contributed by atoms with Crippen LogP contribution < -0.4 is 0 Å². The second-order valence-corrected chi connectivity index (χ2v) is 5.29. The second kappa shape index (κ2) is 4.40. The highest BCUT2D eigenvalue weighted by atomic mass is 79.9. The van der Waals surface area contributed by atoms with E-state index in [2.05, 4.69) is 31.0 Å². The van der Waals surface area contributed by atoms with E-state index >= 15 is 0 Å². The first-order valence-corrected chi connectivity index (χ1v) is 7.13. The van der Waals surface area contributed by atoms with Crippen molar-refractivity contribution >= 4 is 33.5 Å². The Morgan fingerprint density at radius 1 is 1.39 bits per heavy atom. The Morgan fingerprint density at radius 3 is 2.89 bits per heavy atom. The lowest BCUT2D eigenvalue weighted by molar-refractivity contribution is 0.627. The summed E-state index contributed by atoms with van der Waals surface area (Å²) in [6, 6.07) is 5.12. The zero-order valence-corrected chi connectivity index (χ0v) is 11.7. The fourth-order valence-electron chi connectivity index (χ4n) is 1.70. The van der Waals surface area contributed by atoms with Crippen molar-refractivity contribution in [2.45, 2.75) is 4.90 Å². The molecule has 0 saturated heterocycles. The molecule has 0 unspecified atom stereocenters. The van der Waals surface area contributed by atoms with Crippen molar-refractivity contribution in [3.05, 3.63) is 34.9 Å². The predicted octanol–water partition coefficient (Wildman–Crippen LogP) is 3.35. The molecule has 7 heteroatoms. The lowest BCUT2D eigenvalue weighted by atomic mass is 10.1. The van der Waals surface area contributed by atoms with Crippen LogP contribution >= 0.6 is 27.7 Å². The van der Waals surface area contributed by atoms with Gasteiger partial charge in [-0.3, -0.25) is 5.10 Å². The fourth-order valence-corrected chi connectivity index (χ4v) is 2.48. The molecular formula is C11H8BrFN4S. The maximum absolute atomic E-state index is 13.9.